The number of carbonyl (C=O) groups excluding carboxylic acids is 1. The van der Waals surface area contributed by atoms with Crippen molar-refractivity contribution in [2.45, 2.75) is 0 Å². The normalized spacial score (nSPS) is 9.77. The van der Waals surface area contributed by atoms with Gasteiger partial charge >= 0.3 is 0 Å². The molecule has 0 atom stereocenters. The summed E-state index contributed by atoms with van der Waals surface area (Å²) in [5, 5.41) is 0. The van der Waals surface area contributed by atoms with E-state index in [0.29, 0.717) is 11.3 Å². The third-order valence-electron chi connectivity index (χ3n) is 1.65. The van der Waals surface area contributed by atoms with Crippen LogP contribution in [0.3, 0.4) is 0 Å². The molecule has 0 unspecified atom stereocenters. The number of hydrogen-bond acceptors (Lipinski definition) is 2. The molecule has 0 radical (unpaired) electrons. The number of nitrogen functional groups attached to an aromatic ring is 1. The van der Waals surface area contributed by atoms with Gasteiger partial charge in [-0.05, 0) is 34.1 Å². The highest BCUT2D eigenvalue weighted by Gasteiger charge is 2.08. The summed E-state index contributed by atoms with van der Waals surface area (Å²) in [7, 11) is 3.42. The molecule has 0 aromatic heterocycles. The first-order chi connectivity index (χ1) is 6.02. The van der Waals surface area contributed by atoms with Crippen molar-refractivity contribution in [3.8, 4) is 0 Å². The fourth-order valence-corrected chi connectivity index (χ4v) is 1.18. The fraction of sp³-hybridized carbons (Fsp3) is 0.222. The molecule has 2 N–H and O–H groups in total. The monoisotopic (exact) mass is 242 g/mol. The van der Waals surface area contributed by atoms with Crippen LogP contribution in [0.2, 0.25) is 0 Å². The van der Waals surface area contributed by atoms with Crippen LogP contribution >= 0.6 is 15.9 Å². The molecule has 0 fully saturated rings. The van der Waals surface area contributed by atoms with E-state index >= 15 is 0 Å². The number of rotatable bonds is 1. The van der Waals surface area contributed by atoms with Gasteiger partial charge in [0, 0.05) is 29.8 Å². The molecular formula is C9H11BrN2O. The number of carbonyl (C=O) groups is 1. The van der Waals surface area contributed by atoms with Crippen molar-refractivity contribution in [3.05, 3.63) is 28.2 Å². The molecule has 1 amide bonds. The van der Waals surface area contributed by atoms with E-state index < -0.39 is 0 Å². The quantitative estimate of drug-likeness (QED) is 0.763. The van der Waals surface area contributed by atoms with Gasteiger partial charge in [0.25, 0.3) is 5.91 Å². The molecule has 0 spiro atoms. The van der Waals surface area contributed by atoms with Crippen LogP contribution in [-0.4, -0.2) is 24.9 Å². The number of benzene rings is 1. The van der Waals surface area contributed by atoms with Crippen molar-refractivity contribution in [3.63, 3.8) is 0 Å². The van der Waals surface area contributed by atoms with Gasteiger partial charge in [0.1, 0.15) is 0 Å². The third-order valence-corrected chi connectivity index (χ3v) is 2.37. The maximum Gasteiger partial charge on any atom is 0.253 e. The van der Waals surface area contributed by atoms with Crippen molar-refractivity contribution < 1.29 is 4.79 Å². The molecule has 0 aliphatic heterocycles. The van der Waals surface area contributed by atoms with Crippen LogP contribution in [0, 0.1) is 0 Å². The number of hydrogen-bond donors (Lipinski definition) is 1. The lowest BCUT2D eigenvalue weighted by atomic mass is 10.2. The molecule has 70 valence electrons. The van der Waals surface area contributed by atoms with E-state index in [1.165, 1.54) is 4.90 Å². The van der Waals surface area contributed by atoms with Crippen LogP contribution in [0.1, 0.15) is 10.4 Å². The van der Waals surface area contributed by atoms with Gasteiger partial charge < -0.3 is 10.6 Å². The molecular weight excluding hydrogens is 232 g/mol. The Bertz CT molecular complexity index is 336. The molecule has 1 aromatic carbocycles. The Morgan fingerprint density at radius 2 is 2.08 bits per heavy atom. The number of nitrogens with zero attached hydrogens (tertiary/aromatic N) is 1. The molecule has 0 aliphatic rings. The second kappa shape index (κ2) is 3.79. The lowest BCUT2D eigenvalue weighted by Crippen LogP contribution is -2.21. The predicted molar refractivity (Wildman–Crippen MR) is 56.6 cm³/mol. The standard InChI is InChI=1S/C9H11BrN2O/c1-12(2)9(13)6-3-4-7(10)8(11)5-6/h3-5H,11H2,1-2H3. The molecule has 0 saturated heterocycles. The highest BCUT2D eigenvalue weighted by molar-refractivity contribution is 9.10. The molecule has 0 heterocycles. The molecule has 0 aliphatic carbocycles. The SMILES string of the molecule is CN(C)C(=O)c1ccc(Br)c(N)c1. The Kier molecular flexibility index (Phi) is 2.93. The molecule has 1 rings (SSSR count). The Morgan fingerprint density at radius 1 is 1.46 bits per heavy atom. The van der Waals surface area contributed by atoms with Crippen LogP contribution in [0.25, 0.3) is 0 Å². The minimum atomic E-state index is -0.0424. The van der Waals surface area contributed by atoms with Crippen molar-refractivity contribution in [1.29, 1.82) is 0 Å². The summed E-state index contributed by atoms with van der Waals surface area (Å²) in [6, 6.07) is 5.17. The summed E-state index contributed by atoms with van der Waals surface area (Å²) in [5.41, 5.74) is 6.82. The van der Waals surface area contributed by atoms with Crippen LogP contribution in [0.4, 0.5) is 5.69 Å². The summed E-state index contributed by atoms with van der Waals surface area (Å²) < 4.78 is 0.808. The van der Waals surface area contributed by atoms with Gasteiger partial charge in [-0.3, -0.25) is 4.79 Å². The van der Waals surface area contributed by atoms with Gasteiger partial charge in [0.15, 0.2) is 0 Å². The molecule has 1 aromatic rings. The first kappa shape index (κ1) is 10.1. The number of amides is 1. The summed E-state index contributed by atoms with van der Waals surface area (Å²) >= 11 is 3.27. The minimum Gasteiger partial charge on any atom is -0.398 e. The van der Waals surface area contributed by atoms with Gasteiger partial charge in [-0.25, -0.2) is 0 Å². The molecule has 4 heteroatoms. The van der Waals surface area contributed by atoms with Crippen molar-refractivity contribution in [2.75, 3.05) is 19.8 Å². The number of nitrogens with two attached hydrogens (primary N) is 1. The third kappa shape index (κ3) is 2.21. The van der Waals surface area contributed by atoms with E-state index in [-0.39, 0.29) is 5.91 Å². The number of anilines is 1. The van der Waals surface area contributed by atoms with E-state index in [0.717, 1.165) is 4.47 Å². The molecule has 3 nitrogen and oxygen atoms in total. The summed E-state index contributed by atoms with van der Waals surface area (Å²) in [6.07, 6.45) is 0. The van der Waals surface area contributed by atoms with Gasteiger partial charge in [-0.2, -0.15) is 0 Å². The van der Waals surface area contributed by atoms with Crippen molar-refractivity contribution >= 4 is 27.5 Å². The van der Waals surface area contributed by atoms with Crippen LogP contribution in [0.5, 0.6) is 0 Å². The van der Waals surface area contributed by atoms with Gasteiger partial charge in [0.05, 0.1) is 0 Å². The van der Waals surface area contributed by atoms with Crippen LogP contribution < -0.4 is 5.73 Å². The average Bonchev–Trinajstić information content (AvgIpc) is 2.08. The van der Waals surface area contributed by atoms with E-state index in [4.69, 9.17) is 5.73 Å². The zero-order chi connectivity index (χ0) is 10.0. The topological polar surface area (TPSA) is 46.3 Å². The molecule has 13 heavy (non-hydrogen) atoms. The average molecular weight is 243 g/mol. The fourth-order valence-electron chi connectivity index (χ4n) is 0.935. The van der Waals surface area contributed by atoms with Gasteiger partial charge in [-0.15, -0.1) is 0 Å². The molecule has 0 bridgehead atoms. The lowest BCUT2D eigenvalue weighted by molar-refractivity contribution is 0.0827. The van der Waals surface area contributed by atoms with Crippen LogP contribution in [0.15, 0.2) is 22.7 Å². The Balaban J connectivity index is 3.04. The highest BCUT2D eigenvalue weighted by atomic mass is 79.9. The van der Waals surface area contributed by atoms with E-state index in [2.05, 4.69) is 15.9 Å². The summed E-state index contributed by atoms with van der Waals surface area (Å²) in [6.45, 7) is 0. The Morgan fingerprint density at radius 3 is 2.54 bits per heavy atom. The van der Waals surface area contributed by atoms with E-state index in [1.54, 1.807) is 32.3 Å². The smallest absolute Gasteiger partial charge is 0.253 e. The number of halogens is 1. The second-order valence-electron chi connectivity index (χ2n) is 2.94. The lowest BCUT2D eigenvalue weighted by Gasteiger charge is -2.10. The maximum absolute atomic E-state index is 11.5. The maximum atomic E-state index is 11.5. The Hall–Kier alpha value is -1.03. The van der Waals surface area contributed by atoms with E-state index in [9.17, 15) is 4.79 Å². The largest absolute Gasteiger partial charge is 0.398 e. The van der Waals surface area contributed by atoms with Crippen molar-refractivity contribution in [2.24, 2.45) is 0 Å². The van der Waals surface area contributed by atoms with Crippen molar-refractivity contribution in [1.82, 2.24) is 4.90 Å². The van der Waals surface area contributed by atoms with Gasteiger partial charge in [-0.1, -0.05) is 0 Å². The zero-order valence-electron chi connectivity index (χ0n) is 7.54. The Labute approximate surface area is 85.7 Å². The summed E-state index contributed by atoms with van der Waals surface area (Å²) in [4.78, 5) is 13.0. The first-order valence-corrected chi connectivity index (χ1v) is 4.58. The van der Waals surface area contributed by atoms with E-state index in [1.807, 2.05) is 0 Å². The van der Waals surface area contributed by atoms with Crippen LogP contribution in [-0.2, 0) is 0 Å². The second-order valence-corrected chi connectivity index (χ2v) is 3.79. The zero-order valence-corrected chi connectivity index (χ0v) is 9.13. The van der Waals surface area contributed by atoms with Gasteiger partial charge in [0.2, 0.25) is 0 Å². The summed E-state index contributed by atoms with van der Waals surface area (Å²) in [5.74, 6) is -0.0424. The minimum absolute atomic E-state index is 0.0424. The first-order valence-electron chi connectivity index (χ1n) is 3.79. The molecule has 0 saturated carbocycles. The highest BCUT2D eigenvalue weighted by Crippen LogP contribution is 2.20. The predicted octanol–water partition coefficient (Wildman–Crippen LogP) is 1.73.